The highest BCUT2D eigenvalue weighted by molar-refractivity contribution is 5.95. The van der Waals surface area contributed by atoms with Crippen LogP contribution in [0.3, 0.4) is 0 Å². The van der Waals surface area contributed by atoms with E-state index in [9.17, 15) is 4.79 Å². The number of benzene rings is 1. The van der Waals surface area contributed by atoms with E-state index in [0.29, 0.717) is 42.3 Å². The SMILES string of the molecule is CCOC(=O)/C(=C/c1c2c(cc(OCOC)c1OC)CCO2)CCCCCc1cccnc1. The third-order valence-electron chi connectivity index (χ3n) is 5.45. The van der Waals surface area contributed by atoms with Crippen molar-refractivity contribution < 1.29 is 28.5 Å². The van der Waals surface area contributed by atoms with Crippen LogP contribution in [0.4, 0.5) is 0 Å². The van der Waals surface area contributed by atoms with E-state index in [2.05, 4.69) is 11.1 Å². The zero-order valence-corrected chi connectivity index (χ0v) is 19.7. The van der Waals surface area contributed by atoms with Crippen LogP contribution in [0.5, 0.6) is 17.2 Å². The van der Waals surface area contributed by atoms with Crippen LogP contribution >= 0.6 is 0 Å². The molecule has 0 fully saturated rings. The van der Waals surface area contributed by atoms with Gasteiger partial charge in [0.2, 0.25) is 0 Å². The number of carbonyl (C=O) groups is 1. The number of aryl methyl sites for hydroxylation is 1. The molecule has 0 N–H and O–H groups in total. The minimum Gasteiger partial charge on any atom is -0.492 e. The van der Waals surface area contributed by atoms with Gasteiger partial charge >= 0.3 is 5.97 Å². The van der Waals surface area contributed by atoms with Crippen LogP contribution in [0.2, 0.25) is 0 Å². The maximum Gasteiger partial charge on any atom is 0.334 e. The number of fused-ring (bicyclic) bond motifs is 1. The highest BCUT2D eigenvalue weighted by atomic mass is 16.7. The predicted octanol–water partition coefficient (Wildman–Crippen LogP) is 4.76. The summed E-state index contributed by atoms with van der Waals surface area (Å²) in [4.78, 5) is 16.9. The van der Waals surface area contributed by atoms with Gasteiger partial charge in [-0.3, -0.25) is 4.98 Å². The third-order valence-corrected chi connectivity index (χ3v) is 5.45. The van der Waals surface area contributed by atoms with Crippen molar-refractivity contribution >= 4 is 12.0 Å². The van der Waals surface area contributed by atoms with E-state index < -0.39 is 0 Å². The standard InChI is InChI=1S/C26H33NO6/c1-4-31-26(28)21(11-7-5-6-9-19-10-8-13-27-17-19)15-22-24-20(12-14-32-24)16-23(25(22)30-3)33-18-29-2/h8,10,13,15-17H,4-7,9,11-12,14,18H2,1-3H3/b21-15+. The summed E-state index contributed by atoms with van der Waals surface area (Å²) in [5.41, 5.74) is 3.55. The molecule has 7 heteroatoms. The molecule has 178 valence electrons. The first kappa shape index (κ1) is 24.6. The fraction of sp³-hybridized carbons (Fsp3) is 0.462. The van der Waals surface area contributed by atoms with Gasteiger partial charge in [0, 0.05) is 37.1 Å². The number of carbonyl (C=O) groups excluding carboxylic acids is 1. The van der Waals surface area contributed by atoms with Crippen LogP contribution in [-0.4, -0.2) is 45.2 Å². The lowest BCUT2D eigenvalue weighted by Gasteiger charge is -2.17. The van der Waals surface area contributed by atoms with Crippen molar-refractivity contribution in [1.29, 1.82) is 0 Å². The van der Waals surface area contributed by atoms with Gasteiger partial charge < -0.3 is 23.7 Å². The largest absolute Gasteiger partial charge is 0.492 e. The number of hydrogen-bond acceptors (Lipinski definition) is 7. The Kier molecular flexibility index (Phi) is 9.57. The van der Waals surface area contributed by atoms with Gasteiger partial charge in [-0.1, -0.05) is 12.5 Å². The summed E-state index contributed by atoms with van der Waals surface area (Å²) in [6.45, 7) is 2.81. The van der Waals surface area contributed by atoms with Gasteiger partial charge in [-0.05, 0) is 56.4 Å². The van der Waals surface area contributed by atoms with Crippen molar-refractivity contribution in [3.8, 4) is 17.2 Å². The second kappa shape index (κ2) is 12.8. The summed E-state index contributed by atoms with van der Waals surface area (Å²) < 4.78 is 27.7. The number of aromatic nitrogens is 1. The van der Waals surface area contributed by atoms with E-state index in [1.54, 1.807) is 20.4 Å². The highest BCUT2D eigenvalue weighted by Crippen LogP contribution is 2.44. The summed E-state index contributed by atoms with van der Waals surface area (Å²) in [6, 6.07) is 5.96. The Morgan fingerprint density at radius 2 is 2.12 bits per heavy atom. The number of unbranched alkanes of at least 4 members (excludes halogenated alkanes) is 2. The highest BCUT2D eigenvalue weighted by Gasteiger charge is 2.25. The number of hydrogen-bond donors (Lipinski definition) is 0. The molecule has 7 nitrogen and oxygen atoms in total. The van der Waals surface area contributed by atoms with Crippen molar-refractivity contribution in [2.75, 3.05) is 34.2 Å². The van der Waals surface area contributed by atoms with Gasteiger partial charge in [-0.15, -0.1) is 0 Å². The van der Waals surface area contributed by atoms with Gasteiger partial charge in [0.05, 0.1) is 25.9 Å². The number of esters is 1. The second-order valence-electron chi connectivity index (χ2n) is 7.77. The van der Waals surface area contributed by atoms with Crippen LogP contribution in [0.1, 0.15) is 49.3 Å². The van der Waals surface area contributed by atoms with Gasteiger partial charge in [-0.25, -0.2) is 4.79 Å². The summed E-state index contributed by atoms with van der Waals surface area (Å²) >= 11 is 0. The van der Waals surface area contributed by atoms with Crippen molar-refractivity contribution in [2.45, 2.75) is 45.4 Å². The predicted molar refractivity (Wildman–Crippen MR) is 126 cm³/mol. The average Bonchev–Trinajstić information content (AvgIpc) is 3.30. The van der Waals surface area contributed by atoms with E-state index in [0.717, 1.165) is 43.4 Å². The minimum atomic E-state index is -0.318. The quantitative estimate of drug-likeness (QED) is 0.187. The van der Waals surface area contributed by atoms with E-state index in [1.807, 2.05) is 31.3 Å². The lowest BCUT2D eigenvalue weighted by molar-refractivity contribution is -0.138. The maximum absolute atomic E-state index is 12.8. The first-order chi connectivity index (χ1) is 16.2. The van der Waals surface area contributed by atoms with Gasteiger partial charge in [0.15, 0.2) is 18.3 Å². The fourth-order valence-corrected chi connectivity index (χ4v) is 3.89. The average molecular weight is 456 g/mol. The Morgan fingerprint density at radius 1 is 1.24 bits per heavy atom. The molecule has 0 amide bonds. The smallest absolute Gasteiger partial charge is 0.334 e. The molecule has 1 aliphatic heterocycles. The summed E-state index contributed by atoms with van der Waals surface area (Å²) in [5, 5.41) is 0. The number of nitrogens with zero attached hydrogens (tertiary/aromatic N) is 1. The molecule has 0 spiro atoms. The van der Waals surface area contributed by atoms with Gasteiger partial charge in [0.25, 0.3) is 0 Å². The molecular formula is C26H33NO6. The Morgan fingerprint density at radius 3 is 2.85 bits per heavy atom. The lowest BCUT2D eigenvalue weighted by atomic mass is 9.99. The van der Waals surface area contributed by atoms with Crippen LogP contribution < -0.4 is 14.2 Å². The summed E-state index contributed by atoms with van der Waals surface area (Å²) in [5.74, 6) is 1.50. The molecule has 1 aromatic heterocycles. The first-order valence-electron chi connectivity index (χ1n) is 11.4. The summed E-state index contributed by atoms with van der Waals surface area (Å²) in [6.07, 6.45) is 10.8. The molecule has 0 bridgehead atoms. The molecule has 2 aromatic rings. The van der Waals surface area contributed by atoms with E-state index >= 15 is 0 Å². The van der Waals surface area contributed by atoms with Crippen LogP contribution in [0, 0.1) is 0 Å². The van der Waals surface area contributed by atoms with Crippen molar-refractivity contribution in [1.82, 2.24) is 4.98 Å². The number of pyridine rings is 1. The van der Waals surface area contributed by atoms with Crippen LogP contribution in [0.25, 0.3) is 6.08 Å². The maximum atomic E-state index is 12.8. The first-order valence-corrected chi connectivity index (χ1v) is 11.4. The molecule has 0 unspecified atom stereocenters. The molecule has 2 heterocycles. The molecule has 0 saturated carbocycles. The molecule has 0 saturated heterocycles. The second-order valence-corrected chi connectivity index (χ2v) is 7.77. The number of rotatable bonds is 13. The normalized spacial score (nSPS) is 12.8. The molecular weight excluding hydrogens is 422 g/mol. The number of ether oxygens (including phenoxy) is 5. The minimum absolute atomic E-state index is 0.0980. The van der Waals surface area contributed by atoms with Crippen LogP contribution in [-0.2, 0) is 27.1 Å². The van der Waals surface area contributed by atoms with E-state index in [-0.39, 0.29) is 12.8 Å². The molecule has 0 aliphatic carbocycles. The number of methoxy groups -OCH3 is 2. The zero-order valence-electron chi connectivity index (χ0n) is 19.7. The lowest BCUT2D eigenvalue weighted by Crippen LogP contribution is -2.09. The Balaban J connectivity index is 1.80. The van der Waals surface area contributed by atoms with E-state index in [4.69, 9.17) is 23.7 Å². The molecule has 33 heavy (non-hydrogen) atoms. The third kappa shape index (κ3) is 6.71. The molecule has 0 atom stereocenters. The van der Waals surface area contributed by atoms with Crippen molar-refractivity contribution in [3.05, 3.63) is 52.9 Å². The monoisotopic (exact) mass is 455 g/mol. The van der Waals surface area contributed by atoms with Crippen molar-refractivity contribution in [3.63, 3.8) is 0 Å². The zero-order chi connectivity index (χ0) is 23.5. The van der Waals surface area contributed by atoms with Gasteiger partial charge in [0.1, 0.15) is 5.75 Å². The molecule has 1 aromatic carbocycles. The molecule has 3 rings (SSSR count). The topological polar surface area (TPSA) is 76.1 Å². The molecule has 1 aliphatic rings. The Labute approximate surface area is 195 Å². The van der Waals surface area contributed by atoms with Crippen LogP contribution in [0.15, 0.2) is 36.2 Å². The Hall–Kier alpha value is -3.06. The van der Waals surface area contributed by atoms with Gasteiger partial charge in [-0.2, -0.15) is 0 Å². The molecule has 0 radical (unpaired) electrons. The van der Waals surface area contributed by atoms with Crippen molar-refractivity contribution in [2.24, 2.45) is 0 Å². The van der Waals surface area contributed by atoms with E-state index in [1.165, 1.54) is 5.56 Å². The fourth-order valence-electron chi connectivity index (χ4n) is 3.89. The summed E-state index contributed by atoms with van der Waals surface area (Å²) in [7, 11) is 3.15. The Bertz CT molecular complexity index is 942.